The van der Waals surface area contributed by atoms with Gasteiger partial charge in [0, 0.05) is 26.2 Å². The normalized spacial score (nSPS) is 15.4. The van der Waals surface area contributed by atoms with Crippen molar-refractivity contribution in [1.29, 1.82) is 0 Å². The van der Waals surface area contributed by atoms with E-state index in [-0.39, 0.29) is 0 Å². The van der Waals surface area contributed by atoms with Gasteiger partial charge in [-0.2, -0.15) is 0 Å². The molecular weight excluding hydrogens is 228 g/mol. The van der Waals surface area contributed by atoms with Gasteiger partial charge in [-0.05, 0) is 37.9 Å². The van der Waals surface area contributed by atoms with Crippen molar-refractivity contribution < 1.29 is 9.15 Å². The van der Waals surface area contributed by atoms with E-state index in [0.29, 0.717) is 0 Å². The van der Waals surface area contributed by atoms with Crippen LogP contribution in [-0.2, 0) is 11.3 Å². The molecular formula is C14H24N2O2. The topological polar surface area (TPSA) is 37.6 Å². The Morgan fingerprint density at radius 2 is 2.33 bits per heavy atom. The summed E-state index contributed by atoms with van der Waals surface area (Å²) < 4.78 is 10.9. The fourth-order valence-electron chi connectivity index (χ4n) is 1.76. The molecule has 1 fully saturated rings. The van der Waals surface area contributed by atoms with Crippen molar-refractivity contribution in [2.45, 2.75) is 19.4 Å². The minimum atomic E-state index is 0.805. The van der Waals surface area contributed by atoms with Crippen LogP contribution in [0.2, 0.25) is 0 Å². The van der Waals surface area contributed by atoms with Gasteiger partial charge in [-0.15, -0.1) is 0 Å². The van der Waals surface area contributed by atoms with Gasteiger partial charge in [-0.25, -0.2) is 0 Å². The predicted molar refractivity (Wildman–Crippen MR) is 71.5 cm³/mol. The molecule has 0 saturated heterocycles. The van der Waals surface area contributed by atoms with Crippen molar-refractivity contribution in [3.8, 4) is 0 Å². The summed E-state index contributed by atoms with van der Waals surface area (Å²) in [4.78, 5) is 2.29. The van der Waals surface area contributed by atoms with E-state index in [4.69, 9.17) is 9.15 Å². The number of hydrogen-bond donors (Lipinski definition) is 1. The van der Waals surface area contributed by atoms with Crippen molar-refractivity contribution in [2.24, 2.45) is 5.92 Å². The molecule has 18 heavy (non-hydrogen) atoms. The first-order valence-corrected chi connectivity index (χ1v) is 6.84. The Hall–Kier alpha value is -0.840. The molecule has 0 spiro atoms. The van der Waals surface area contributed by atoms with Crippen molar-refractivity contribution in [2.75, 3.05) is 39.9 Å². The third-order valence-electron chi connectivity index (χ3n) is 3.22. The van der Waals surface area contributed by atoms with Crippen LogP contribution < -0.4 is 5.32 Å². The molecule has 1 aliphatic carbocycles. The summed E-state index contributed by atoms with van der Waals surface area (Å²) in [5.41, 5.74) is 0. The Balaban J connectivity index is 1.40. The summed E-state index contributed by atoms with van der Waals surface area (Å²) in [5.74, 6) is 1.86. The van der Waals surface area contributed by atoms with Crippen LogP contribution in [0.1, 0.15) is 18.6 Å². The second kappa shape index (κ2) is 7.56. The predicted octanol–water partition coefficient (Wildman–Crippen LogP) is 1.73. The fraction of sp³-hybridized carbons (Fsp3) is 0.714. The molecule has 2 rings (SSSR count). The number of likely N-dealkylation sites (N-methyl/N-ethyl adjacent to an activating group) is 1. The number of hydrogen-bond acceptors (Lipinski definition) is 4. The molecule has 4 heteroatoms. The lowest BCUT2D eigenvalue weighted by Gasteiger charge is -2.16. The second-order valence-electron chi connectivity index (χ2n) is 5.08. The zero-order chi connectivity index (χ0) is 12.6. The molecule has 4 nitrogen and oxygen atoms in total. The number of rotatable bonds is 10. The standard InChI is InChI=1S/C14H24N2O2/c1-16(8-10-17-12-13-4-5-13)7-6-15-11-14-3-2-9-18-14/h2-3,9,13,15H,4-8,10-12H2,1H3. The van der Waals surface area contributed by atoms with Crippen LogP contribution in [0.5, 0.6) is 0 Å². The van der Waals surface area contributed by atoms with E-state index >= 15 is 0 Å². The van der Waals surface area contributed by atoms with E-state index in [1.54, 1.807) is 6.26 Å². The van der Waals surface area contributed by atoms with Crippen molar-refractivity contribution in [3.05, 3.63) is 24.2 Å². The highest BCUT2D eigenvalue weighted by Crippen LogP contribution is 2.28. The number of furan rings is 1. The SMILES string of the molecule is CN(CCNCc1ccco1)CCOCC1CC1. The Morgan fingerprint density at radius 3 is 3.06 bits per heavy atom. The molecule has 0 radical (unpaired) electrons. The van der Waals surface area contributed by atoms with Crippen molar-refractivity contribution in [1.82, 2.24) is 10.2 Å². The summed E-state index contributed by atoms with van der Waals surface area (Å²) in [7, 11) is 2.13. The average molecular weight is 252 g/mol. The third-order valence-corrected chi connectivity index (χ3v) is 3.22. The molecule has 102 valence electrons. The summed E-state index contributed by atoms with van der Waals surface area (Å²) in [6.07, 6.45) is 4.44. The quantitative estimate of drug-likeness (QED) is 0.644. The monoisotopic (exact) mass is 252 g/mol. The van der Waals surface area contributed by atoms with Crippen LogP contribution in [0.4, 0.5) is 0 Å². The average Bonchev–Trinajstić information content (AvgIpc) is 3.05. The van der Waals surface area contributed by atoms with E-state index in [2.05, 4.69) is 17.3 Å². The molecule has 0 unspecified atom stereocenters. The van der Waals surface area contributed by atoms with Crippen LogP contribution >= 0.6 is 0 Å². The molecule has 1 heterocycles. The van der Waals surface area contributed by atoms with Gasteiger partial charge in [-0.1, -0.05) is 0 Å². The van der Waals surface area contributed by atoms with E-state index < -0.39 is 0 Å². The Labute approximate surface area is 109 Å². The Morgan fingerprint density at radius 1 is 1.44 bits per heavy atom. The third kappa shape index (κ3) is 5.67. The van der Waals surface area contributed by atoms with Crippen LogP contribution in [0.15, 0.2) is 22.8 Å². The summed E-state index contributed by atoms with van der Waals surface area (Å²) >= 11 is 0. The van der Waals surface area contributed by atoms with E-state index in [1.807, 2.05) is 12.1 Å². The minimum Gasteiger partial charge on any atom is -0.468 e. The number of nitrogens with zero attached hydrogens (tertiary/aromatic N) is 1. The van der Waals surface area contributed by atoms with E-state index in [1.165, 1.54) is 12.8 Å². The Kier molecular flexibility index (Phi) is 5.71. The molecule has 0 aliphatic heterocycles. The molecule has 1 aromatic rings. The van der Waals surface area contributed by atoms with Crippen molar-refractivity contribution in [3.63, 3.8) is 0 Å². The van der Waals surface area contributed by atoms with Gasteiger partial charge in [0.1, 0.15) is 5.76 Å². The minimum absolute atomic E-state index is 0.805. The van der Waals surface area contributed by atoms with E-state index in [9.17, 15) is 0 Å². The van der Waals surface area contributed by atoms with Gasteiger partial charge in [0.25, 0.3) is 0 Å². The lowest BCUT2D eigenvalue weighted by molar-refractivity contribution is 0.103. The van der Waals surface area contributed by atoms with Crippen LogP contribution in [-0.4, -0.2) is 44.8 Å². The second-order valence-corrected chi connectivity index (χ2v) is 5.08. The maximum absolute atomic E-state index is 5.62. The van der Waals surface area contributed by atoms with Gasteiger partial charge in [0.05, 0.1) is 19.4 Å². The highest BCUT2D eigenvalue weighted by Gasteiger charge is 2.20. The molecule has 1 aromatic heterocycles. The molecule has 0 aromatic carbocycles. The number of ether oxygens (including phenoxy) is 1. The largest absolute Gasteiger partial charge is 0.468 e. The lowest BCUT2D eigenvalue weighted by Crippen LogP contribution is -2.31. The summed E-state index contributed by atoms with van der Waals surface area (Å²) in [6.45, 7) is 5.64. The van der Waals surface area contributed by atoms with Crippen LogP contribution in [0, 0.1) is 5.92 Å². The summed E-state index contributed by atoms with van der Waals surface area (Å²) in [5, 5.41) is 3.36. The van der Waals surface area contributed by atoms with Gasteiger partial charge in [-0.3, -0.25) is 0 Å². The first kappa shape index (κ1) is 13.6. The first-order valence-electron chi connectivity index (χ1n) is 6.84. The molecule has 0 bridgehead atoms. The highest BCUT2D eigenvalue weighted by molar-refractivity contribution is 4.97. The van der Waals surface area contributed by atoms with Gasteiger partial charge in [0.2, 0.25) is 0 Å². The zero-order valence-electron chi connectivity index (χ0n) is 11.2. The molecule has 0 atom stereocenters. The smallest absolute Gasteiger partial charge is 0.117 e. The molecule has 1 N–H and O–H groups in total. The maximum Gasteiger partial charge on any atom is 0.117 e. The fourth-order valence-corrected chi connectivity index (χ4v) is 1.76. The van der Waals surface area contributed by atoms with Gasteiger partial charge < -0.3 is 19.4 Å². The first-order chi connectivity index (χ1) is 8.84. The maximum atomic E-state index is 5.62. The highest BCUT2D eigenvalue weighted by atomic mass is 16.5. The van der Waals surface area contributed by atoms with Crippen LogP contribution in [0.25, 0.3) is 0 Å². The van der Waals surface area contributed by atoms with Crippen molar-refractivity contribution >= 4 is 0 Å². The Bertz CT molecular complexity index is 310. The molecule has 1 aliphatic rings. The van der Waals surface area contributed by atoms with Gasteiger partial charge in [0.15, 0.2) is 0 Å². The summed E-state index contributed by atoms with van der Waals surface area (Å²) in [6, 6.07) is 3.91. The molecule has 1 saturated carbocycles. The number of nitrogens with one attached hydrogen (secondary N) is 1. The van der Waals surface area contributed by atoms with E-state index in [0.717, 1.165) is 51.1 Å². The van der Waals surface area contributed by atoms with Gasteiger partial charge >= 0.3 is 0 Å². The van der Waals surface area contributed by atoms with Crippen LogP contribution in [0.3, 0.4) is 0 Å². The lowest BCUT2D eigenvalue weighted by atomic mass is 10.4. The molecule has 0 amide bonds. The zero-order valence-corrected chi connectivity index (χ0v) is 11.2.